The van der Waals surface area contributed by atoms with Gasteiger partial charge in [0.2, 0.25) is 0 Å². The highest BCUT2D eigenvalue weighted by molar-refractivity contribution is 5.84. The fourth-order valence-electron chi connectivity index (χ4n) is 6.08. The number of hydrogen-bond acceptors (Lipinski definition) is 3. The van der Waals surface area contributed by atoms with Crippen LogP contribution in [-0.2, 0) is 14.3 Å². The zero-order chi connectivity index (χ0) is 23.5. The number of esters is 1. The molecule has 0 spiro atoms. The van der Waals surface area contributed by atoms with E-state index < -0.39 is 29.6 Å². The second kappa shape index (κ2) is 9.84. The molecule has 2 aliphatic carbocycles. The van der Waals surface area contributed by atoms with Crippen molar-refractivity contribution >= 4 is 11.9 Å². The Bertz CT molecular complexity index is 1060. The molecule has 2 aliphatic rings. The van der Waals surface area contributed by atoms with Gasteiger partial charge in [0.1, 0.15) is 6.10 Å². The zero-order valence-electron chi connectivity index (χ0n) is 19.1. The summed E-state index contributed by atoms with van der Waals surface area (Å²) in [5.41, 5.74) is 2.97. The molecule has 5 rings (SSSR count). The average Bonchev–Trinajstić information content (AvgIpc) is 2.85. The topological polar surface area (TPSA) is 63.6 Å². The van der Waals surface area contributed by atoms with Gasteiger partial charge in [0.25, 0.3) is 0 Å². The van der Waals surface area contributed by atoms with Crippen LogP contribution < -0.4 is 0 Å². The van der Waals surface area contributed by atoms with E-state index in [4.69, 9.17) is 4.74 Å². The Labute approximate surface area is 200 Å². The maximum atomic E-state index is 13.8. The van der Waals surface area contributed by atoms with Crippen LogP contribution in [0.5, 0.6) is 0 Å². The fourth-order valence-corrected chi connectivity index (χ4v) is 6.08. The van der Waals surface area contributed by atoms with E-state index in [1.807, 2.05) is 78.9 Å². The van der Waals surface area contributed by atoms with Crippen LogP contribution in [0.1, 0.15) is 60.1 Å². The van der Waals surface area contributed by atoms with Gasteiger partial charge in [-0.3, -0.25) is 9.59 Å². The van der Waals surface area contributed by atoms with Crippen LogP contribution in [0.4, 0.5) is 0 Å². The maximum Gasteiger partial charge on any atom is 0.310 e. The molecule has 2 fully saturated rings. The normalized spacial score (nSPS) is 28.5. The molecule has 4 atom stereocenters. The molecule has 174 valence electrons. The first kappa shape index (κ1) is 22.4. The third kappa shape index (κ3) is 4.25. The summed E-state index contributed by atoms with van der Waals surface area (Å²) in [6.45, 7) is 0. The lowest BCUT2D eigenvalue weighted by molar-refractivity contribution is -0.170. The Morgan fingerprint density at radius 3 is 1.62 bits per heavy atom. The van der Waals surface area contributed by atoms with E-state index >= 15 is 0 Å². The molecule has 3 aromatic rings. The van der Waals surface area contributed by atoms with Crippen LogP contribution in [0.15, 0.2) is 91.0 Å². The molecule has 2 saturated carbocycles. The van der Waals surface area contributed by atoms with Gasteiger partial charge in [-0.1, -0.05) is 97.4 Å². The van der Waals surface area contributed by atoms with Crippen LogP contribution in [0.25, 0.3) is 0 Å². The Balaban J connectivity index is 1.46. The minimum Gasteiger partial charge on any atom is -0.481 e. The van der Waals surface area contributed by atoms with Gasteiger partial charge in [-0.2, -0.15) is 0 Å². The molecule has 0 aliphatic heterocycles. The summed E-state index contributed by atoms with van der Waals surface area (Å²) in [5, 5.41) is 10.2. The minimum absolute atomic E-state index is 0.180. The van der Waals surface area contributed by atoms with Crippen LogP contribution in [0.2, 0.25) is 0 Å². The standard InChI is InChI=1S/C30H30O4/c31-29(32)27-25(21-14-6-2-7-15-21)28(26(27)22-16-8-3-9-17-22)30(33)34-24-19-11-10-18-23(24)20-12-4-1-5-13-20/h1-9,12-17,23-28H,10-11,18-19H2,(H,31,32)/t23?,24?,25-,26-,27?,28?/m1/s1. The van der Waals surface area contributed by atoms with Crippen molar-refractivity contribution in [3.8, 4) is 0 Å². The summed E-state index contributed by atoms with van der Waals surface area (Å²) < 4.78 is 6.26. The largest absolute Gasteiger partial charge is 0.481 e. The minimum atomic E-state index is -0.869. The van der Waals surface area contributed by atoms with E-state index in [1.54, 1.807) is 0 Å². The molecule has 0 radical (unpaired) electrons. The van der Waals surface area contributed by atoms with Crippen molar-refractivity contribution in [2.75, 3.05) is 0 Å². The first-order valence-electron chi connectivity index (χ1n) is 12.2. The number of rotatable bonds is 6. The van der Waals surface area contributed by atoms with Crippen molar-refractivity contribution in [3.63, 3.8) is 0 Å². The quantitative estimate of drug-likeness (QED) is 0.454. The predicted octanol–water partition coefficient (Wildman–Crippen LogP) is 6.15. The number of carboxylic acid groups (broad SMARTS) is 1. The van der Waals surface area contributed by atoms with Gasteiger partial charge in [0.05, 0.1) is 11.8 Å². The van der Waals surface area contributed by atoms with E-state index in [-0.39, 0.29) is 18.0 Å². The zero-order valence-corrected chi connectivity index (χ0v) is 19.1. The lowest BCUT2D eigenvalue weighted by Crippen LogP contribution is -2.52. The molecule has 4 nitrogen and oxygen atoms in total. The van der Waals surface area contributed by atoms with E-state index in [0.29, 0.717) is 0 Å². The number of benzene rings is 3. The SMILES string of the molecule is O=C(O)C1[C@@H](c2ccccc2)C(C(=O)OC2CCCCC2c2ccccc2)[C@@H]1c1ccccc1. The van der Waals surface area contributed by atoms with E-state index in [9.17, 15) is 14.7 Å². The first-order chi connectivity index (χ1) is 16.6. The summed E-state index contributed by atoms with van der Waals surface area (Å²) in [6.07, 6.45) is 3.81. The molecule has 34 heavy (non-hydrogen) atoms. The average molecular weight is 455 g/mol. The van der Waals surface area contributed by atoms with Crippen molar-refractivity contribution in [2.24, 2.45) is 11.8 Å². The molecule has 0 amide bonds. The third-order valence-corrected chi connectivity index (χ3v) is 7.67. The van der Waals surface area contributed by atoms with Crippen molar-refractivity contribution < 1.29 is 19.4 Å². The number of ether oxygens (including phenoxy) is 1. The first-order valence-corrected chi connectivity index (χ1v) is 12.2. The maximum absolute atomic E-state index is 13.8. The molecule has 1 N–H and O–H groups in total. The molecule has 0 bridgehead atoms. The highest BCUT2D eigenvalue weighted by atomic mass is 16.5. The highest BCUT2D eigenvalue weighted by Crippen LogP contribution is 2.58. The van der Waals surface area contributed by atoms with Crippen molar-refractivity contribution in [2.45, 2.75) is 49.5 Å². The van der Waals surface area contributed by atoms with Crippen LogP contribution >= 0.6 is 0 Å². The van der Waals surface area contributed by atoms with Crippen molar-refractivity contribution in [3.05, 3.63) is 108 Å². The van der Waals surface area contributed by atoms with E-state index in [1.165, 1.54) is 5.56 Å². The molecule has 2 unspecified atom stereocenters. The molecular weight excluding hydrogens is 424 g/mol. The summed E-state index contributed by atoms with van der Waals surface area (Å²) in [4.78, 5) is 26.2. The summed E-state index contributed by atoms with van der Waals surface area (Å²) in [7, 11) is 0. The Morgan fingerprint density at radius 1 is 0.647 bits per heavy atom. The molecule has 0 heterocycles. The monoisotopic (exact) mass is 454 g/mol. The van der Waals surface area contributed by atoms with E-state index in [0.717, 1.165) is 36.8 Å². The molecule has 0 aromatic heterocycles. The van der Waals surface area contributed by atoms with Gasteiger partial charge < -0.3 is 9.84 Å². The molecule has 4 heteroatoms. The Kier molecular flexibility index (Phi) is 6.48. The van der Waals surface area contributed by atoms with Gasteiger partial charge in [-0.05, 0) is 36.0 Å². The number of hydrogen-bond donors (Lipinski definition) is 1. The summed E-state index contributed by atoms with van der Waals surface area (Å²) in [6, 6.07) is 29.4. The second-order valence-corrected chi connectivity index (χ2v) is 9.54. The third-order valence-electron chi connectivity index (χ3n) is 7.67. The summed E-state index contributed by atoms with van der Waals surface area (Å²) in [5.74, 6) is -2.97. The van der Waals surface area contributed by atoms with Gasteiger partial charge in [-0.15, -0.1) is 0 Å². The van der Waals surface area contributed by atoms with Crippen LogP contribution in [0, 0.1) is 11.8 Å². The highest BCUT2D eigenvalue weighted by Gasteiger charge is 2.59. The fraction of sp³-hybridized carbons (Fsp3) is 0.333. The van der Waals surface area contributed by atoms with E-state index in [2.05, 4.69) is 12.1 Å². The molecule has 0 saturated heterocycles. The van der Waals surface area contributed by atoms with Crippen molar-refractivity contribution in [1.29, 1.82) is 0 Å². The van der Waals surface area contributed by atoms with Gasteiger partial charge in [-0.25, -0.2) is 0 Å². The smallest absolute Gasteiger partial charge is 0.310 e. The molecular formula is C30H30O4. The number of carbonyl (C=O) groups is 2. The Hall–Kier alpha value is -3.40. The second-order valence-electron chi connectivity index (χ2n) is 9.54. The number of carbonyl (C=O) groups excluding carboxylic acids is 1. The van der Waals surface area contributed by atoms with Crippen LogP contribution in [-0.4, -0.2) is 23.1 Å². The van der Waals surface area contributed by atoms with Gasteiger partial charge in [0, 0.05) is 17.8 Å². The van der Waals surface area contributed by atoms with Crippen LogP contribution in [0.3, 0.4) is 0 Å². The number of aliphatic carboxylic acids is 1. The van der Waals surface area contributed by atoms with Crippen molar-refractivity contribution in [1.82, 2.24) is 0 Å². The van der Waals surface area contributed by atoms with Gasteiger partial charge in [0.15, 0.2) is 0 Å². The Morgan fingerprint density at radius 2 is 1.12 bits per heavy atom. The van der Waals surface area contributed by atoms with Gasteiger partial charge >= 0.3 is 11.9 Å². The number of carboxylic acids is 1. The lowest BCUT2D eigenvalue weighted by atomic mass is 9.52. The molecule has 3 aromatic carbocycles. The summed E-state index contributed by atoms with van der Waals surface area (Å²) >= 11 is 0. The predicted molar refractivity (Wildman–Crippen MR) is 131 cm³/mol. The lowest BCUT2D eigenvalue weighted by Gasteiger charge is -2.49.